The minimum Gasteiger partial charge on any atom is -0.350 e. The summed E-state index contributed by atoms with van der Waals surface area (Å²) in [7, 11) is 0.629. The SMILES string of the molecule is C[NH+](C)CCNC(=O)CCS(=O)(=O)Cc1ccccc1Cl. The molecule has 0 fully saturated rings. The molecule has 1 rings (SSSR count). The molecule has 5 nitrogen and oxygen atoms in total. The van der Waals surface area contributed by atoms with E-state index >= 15 is 0 Å². The molecule has 0 aliphatic heterocycles. The number of rotatable bonds is 8. The molecule has 0 aliphatic rings. The van der Waals surface area contributed by atoms with Crippen molar-refractivity contribution in [3.05, 3.63) is 34.9 Å². The zero-order valence-corrected chi connectivity index (χ0v) is 13.9. The molecule has 2 N–H and O–H groups in total. The van der Waals surface area contributed by atoms with Crippen LogP contribution in [0, 0.1) is 0 Å². The highest BCUT2D eigenvalue weighted by atomic mass is 35.5. The van der Waals surface area contributed by atoms with Crippen molar-refractivity contribution in [2.75, 3.05) is 32.9 Å². The Labute approximate surface area is 131 Å². The first kappa shape index (κ1) is 17.9. The smallest absolute Gasteiger partial charge is 0.221 e. The van der Waals surface area contributed by atoms with Crippen LogP contribution in [0.15, 0.2) is 24.3 Å². The molecule has 1 aromatic rings. The van der Waals surface area contributed by atoms with Crippen molar-refractivity contribution in [3.8, 4) is 0 Å². The topological polar surface area (TPSA) is 67.7 Å². The van der Waals surface area contributed by atoms with E-state index in [-0.39, 0.29) is 23.8 Å². The van der Waals surface area contributed by atoms with Crippen LogP contribution in [-0.2, 0) is 20.4 Å². The molecule has 0 saturated carbocycles. The van der Waals surface area contributed by atoms with Crippen molar-refractivity contribution in [2.45, 2.75) is 12.2 Å². The second-order valence-electron chi connectivity index (χ2n) is 5.24. The molecule has 0 saturated heterocycles. The standard InChI is InChI=1S/C14H21ClN2O3S/c1-17(2)9-8-16-14(18)7-10-21(19,20)11-12-5-3-4-6-13(12)15/h3-6H,7-11H2,1-2H3,(H,16,18)/p+1. The van der Waals surface area contributed by atoms with Gasteiger partial charge in [-0.05, 0) is 11.6 Å². The molecular weight excluding hydrogens is 312 g/mol. The lowest BCUT2D eigenvalue weighted by Crippen LogP contribution is -3.06. The Morgan fingerprint density at radius 2 is 1.95 bits per heavy atom. The average Bonchev–Trinajstić information content (AvgIpc) is 2.39. The van der Waals surface area contributed by atoms with Gasteiger partial charge in [0.05, 0.1) is 38.7 Å². The predicted octanol–water partition coefficient (Wildman–Crippen LogP) is -0.0944. The Morgan fingerprint density at radius 1 is 1.29 bits per heavy atom. The second-order valence-corrected chi connectivity index (χ2v) is 7.83. The zero-order valence-electron chi connectivity index (χ0n) is 12.4. The van der Waals surface area contributed by atoms with Crippen LogP contribution in [0.2, 0.25) is 5.02 Å². The van der Waals surface area contributed by atoms with E-state index in [1.54, 1.807) is 24.3 Å². The van der Waals surface area contributed by atoms with Gasteiger partial charge in [-0.3, -0.25) is 4.79 Å². The largest absolute Gasteiger partial charge is 0.350 e. The van der Waals surface area contributed by atoms with Crippen LogP contribution in [-0.4, -0.2) is 47.3 Å². The average molecular weight is 334 g/mol. The minimum absolute atomic E-state index is 0.0183. The lowest BCUT2D eigenvalue weighted by molar-refractivity contribution is -0.856. The number of carbonyl (C=O) groups is 1. The first-order valence-electron chi connectivity index (χ1n) is 6.80. The van der Waals surface area contributed by atoms with Gasteiger partial charge >= 0.3 is 0 Å². The lowest BCUT2D eigenvalue weighted by Gasteiger charge is -2.09. The Balaban J connectivity index is 2.43. The minimum atomic E-state index is -3.34. The summed E-state index contributed by atoms with van der Waals surface area (Å²) in [5, 5.41) is 3.14. The molecule has 118 valence electrons. The maximum absolute atomic E-state index is 12.0. The fourth-order valence-electron chi connectivity index (χ4n) is 1.71. The third kappa shape index (κ3) is 7.45. The third-order valence-electron chi connectivity index (χ3n) is 2.92. The molecule has 0 aliphatic carbocycles. The predicted molar refractivity (Wildman–Crippen MR) is 84.2 cm³/mol. The van der Waals surface area contributed by atoms with Gasteiger partial charge in [-0.2, -0.15) is 0 Å². The number of likely N-dealkylation sites (N-methyl/N-ethyl adjacent to an activating group) is 1. The van der Waals surface area contributed by atoms with Crippen molar-refractivity contribution in [1.82, 2.24) is 5.32 Å². The van der Waals surface area contributed by atoms with Crippen molar-refractivity contribution in [3.63, 3.8) is 0 Å². The van der Waals surface area contributed by atoms with Crippen LogP contribution < -0.4 is 10.2 Å². The molecule has 0 atom stereocenters. The summed E-state index contributed by atoms with van der Waals surface area (Å²) in [4.78, 5) is 12.8. The van der Waals surface area contributed by atoms with Crippen LogP contribution >= 0.6 is 11.6 Å². The van der Waals surface area contributed by atoms with E-state index in [0.717, 1.165) is 6.54 Å². The van der Waals surface area contributed by atoms with E-state index < -0.39 is 9.84 Å². The first-order chi connectivity index (χ1) is 9.80. The lowest BCUT2D eigenvalue weighted by atomic mass is 10.2. The summed E-state index contributed by atoms with van der Waals surface area (Å²) in [6.45, 7) is 1.35. The number of benzene rings is 1. The molecule has 0 radical (unpaired) electrons. The van der Waals surface area contributed by atoms with Gasteiger partial charge in [-0.1, -0.05) is 29.8 Å². The van der Waals surface area contributed by atoms with Gasteiger partial charge in [0, 0.05) is 11.4 Å². The summed E-state index contributed by atoms with van der Waals surface area (Å²) in [6, 6.07) is 6.83. The maximum atomic E-state index is 12.0. The highest BCUT2D eigenvalue weighted by Crippen LogP contribution is 2.18. The fourth-order valence-corrected chi connectivity index (χ4v) is 3.36. The van der Waals surface area contributed by atoms with Gasteiger partial charge in [0.25, 0.3) is 0 Å². The van der Waals surface area contributed by atoms with E-state index in [1.165, 1.54) is 4.90 Å². The molecule has 0 aromatic heterocycles. The van der Waals surface area contributed by atoms with E-state index in [2.05, 4.69) is 5.32 Å². The normalized spacial score (nSPS) is 11.6. The Kier molecular flexibility index (Phi) is 7.14. The third-order valence-corrected chi connectivity index (χ3v) is 4.87. The Hall–Kier alpha value is -1.11. The van der Waals surface area contributed by atoms with Gasteiger partial charge < -0.3 is 10.2 Å². The summed E-state index contributed by atoms with van der Waals surface area (Å²) >= 11 is 5.95. The van der Waals surface area contributed by atoms with Gasteiger partial charge in [0.2, 0.25) is 5.91 Å². The van der Waals surface area contributed by atoms with Crippen LogP contribution in [0.5, 0.6) is 0 Å². The molecular formula is C14H22ClN2O3S+. The van der Waals surface area contributed by atoms with Gasteiger partial charge in [0.1, 0.15) is 0 Å². The second kappa shape index (κ2) is 8.36. The molecule has 0 unspecified atom stereocenters. The molecule has 0 spiro atoms. The van der Waals surface area contributed by atoms with Crippen molar-refractivity contribution < 1.29 is 18.1 Å². The van der Waals surface area contributed by atoms with Crippen molar-refractivity contribution >= 4 is 27.3 Å². The number of hydrogen-bond donors (Lipinski definition) is 2. The number of hydrogen-bond acceptors (Lipinski definition) is 3. The molecule has 1 amide bonds. The van der Waals surface area contributed by atoms with E-state index in [0.29, 0.717) is 17.1 Å². The zero-order chi connectivity index (χ0) is 15.9. The van der Waals surface area contributed by atoms with Crippen LogP contribution in [0.25, 0.3) is 0 Å². The van der Waals surface area contributed by atoms with Crippen LogP contribution in [0.3, 0.4) is 0 Å². The van der Waals surface area contributed by atoms with Gasteiger partial charge in [-0.15, -0.1) is 0 Å². The molecule has 0 bridgehead atoms. The number of quaternary nitrogens is 1. The Bertz CT molecular complexity index is 573. The summed E-state index contributed by atoms with van der Waals surface area (Å²) in [5.74, 6) is -0.542. The van der Waals surface area contributed by atoms with E-state index in [4.69, 9.17) is 11.6 Å². The number of nitrogens with one attached hydrogen (secondary N) is 2. The van der Waals surface area contributed by atoms with Crippen molar-refractivity contribution in [1.29, 1.82) is 0 Å². The van der Waals surface area contributed by atoms with E-state index in [9.17, 15) is 13.2 Å². The quantitative estimate of drug-likeness (QED) is 0.698. The maximum Gasteiger partial charge on any atom is 0.221 e. The fraction of sp³-hybridized carbons (Fsp3) is 0.500. The van der Waals surface area contributed by atoms with E-state index in [1.807, 2.05) is 14.1 Å². The van der Waals surface area contributed by atoms with Crippen LogP contribution in [0.1, 0.15) is 12.0 Å². The van der Waals surface area contributed by atoms with Gasteiger partial charge in [0.15, 0.2) is 9.84 Å². The molecule has 0 heterocycles. The highest BCUT2D eigenvalue weighted by molar-refractivity contribution is 7.90. The number of halogens is 1. The van der Waals surface area contributed by atoms with Crippen molar-refractivity contribution in [2.24, 2.45) is 0 Å². The first-order valence-corrected chi connectivity index (χ1v) is 8.99. The number of amides is 1. The molecule has 1 aromatic carbocycles. The summed E-state index contributed by atoms with van der Waals surface area (Å²) in [5.41, 5.74) is 0.566. The summed E-state index contributed by atoms with van der Waals surface area (Å²) in [6.07, 6.45) is -0.0183. The Morgan fingerprint density at radius 3 is 2.57 bits per heavy atom. The number of carbonyl (C=O) groups excluding carboxylic acids is 1. The molecule has 21 heavy (non-hydrogen) atoms. The van der Waals surface area contributed by atoms with Crippen LogP contribution in [0.4, 0.5) is 0 Å². The number of sulfone groups is 1. The van der Waals surface area contributed by atoms with Gasteiger partial charge in [-0.25, -0.2) is 8.42 Å². The molecule has 7 heteroatoms. The summed E-state index contributed by atoms with van der Waals surface area (Å²) < 4.78 is 24.0. The highest BCUT2D eigenvalue weighted by Gasteiger charge is 2.16. The monoisotopic (exact) mass is 333 g/mol.